The van der Waals surface area contributed by atoms with Gasteiger partial charge in [-0.05, 0) is 68.4 Å². The Kier molecular flexibility index (Phi) is 8.29. The predicted molar refractivity (Wildman–Crippen MR) is 135 cm³/mol. The summed E-state index contributed by atoms with van der Waals surface area (Å²) < 4.78 is 1.54. The molecule has 3 heterocycles. The SMILES string of the molecule is O=C(Cn1ccc(-c2cccnc2)n1)NC1(C(=O)NCCNC(=O)c2ccc(Cl)cc2)CCNCC1. The first-order valence-electron chi connectivity index (χ1n) is 11.7. The summed E-state index contributed by atoms with van der Waals surface area (Å²) in [7, 11) is 0. The number of piperidine rings is 1. The minimum atomic E-state index is -1.03. The van der Waals surface area contributed by atoms with Crippen molar-refractivity contribution in [1.29, 1.82) is 0 Å². The summed E-state index contributed by atoms with van der Waals surface area (Å²) >= 11 is 5.85. The second kappa shape index (κ2) is 11.8. The van der Waals surface area contributed by atoms with Gasteiger partial charge in [0.1, 0.15) is 12.1 Å². The van der Waals surface area contributed by atoms with Crippen molar-refractivity contribution < 1.29 is 14.4 Å². The van der Waals surface area contributed by atoms with E-state index in [1.54, 1.807) is 42.9 Å². The summed E-state index contributed by atoms with van der Waals surface area (Å²) in [5.41, 5.74) is 1.03. The van der Waals surface area contributed by atoms with E-state index in [9.17, 15) is 14.4 Å². The lowest BCUT2D eigenvalue weighted by atomic mass is 9.87. The molecule has 1 fully saturated rings. The molecule has 0 bridgehead atoms. The second-order valence-corrected chi connectivity index (χ2v) is 8.98. The Morgan fingerprint density at radius 2 is 1.78 bits per heavy atom. The molecule has 1 aliphatic rings. The standard InChI is InChI=1S/C25H28ClN7O3/c26-20-5-3-18(4-6-20)23(35)29-13-14-30-24(36)25(8-11-27-12-9-25)31-22(34)17-33-15-7-21(32-33)19-2-1-10-28-16-19/h1-7,10,15-16,27H,8-9,11-14,17H2,(H,29,35)(H,30,36)(H,31,34). The number of nitrogens with zero attached hydrogens (tertiary/aromatic N) is 3. The number of benzene rings is 1. The molecule has 0 saturated carbocycles. The van der Waals surface area contributed by atoms with Crippen molar-refractivity contribution in [3.63, 3.8) is 0 Å². The topological polar surface area (TPSA) is 130 Å². The number of pyridine rings is 1. The molecular weight excluding hydrogens is 482 g/mol. The Balaban J connectivity index is 1.30. The molecule has 1 aliphatic heterocycles. The monoisotopic (exact) mass is 509 g/mol. The van der Waals surface area contributed by atoms with Crippen molar-refractivity contribution >= 4 is 29.3 Å². The Hall–Kier alpha value is -3.76. The number of hydrogen-bond acceptors (Lipinski definition) is 6. The fourth-order valence-corrected chi connectivity index (χ4v) is 4.18. The minimum Gasteiger partial charge on any atom is -0.352 e. The highest BCUT2D eigenvalue weighted by atomic mass is 35.5. The van der Waals surface area contributed by atoms with Gasteiger partial charge in [0.05, 0.1) is 5.69 Å². The van der Waals surface area contributed by atoms with Gasteiger partial charge in [-0.1, -0.05) is 11.6 Å². The number of carbonyl (C=O) groups is 3. The molecule has 4 N–H and O–H groups in total. The van der Waals surface area contributed by atoms with Gasteiger partial charge in [-0.2, -0.15) is 5.10 Å². The quantitative estimate of drug-likeness (QED) is 0.322. The van der Waals surface area contributed by atoms with E-state index in [1.807, 2.05) is 18.2 Å². The highest BCUT2D eigenvalue weighted by molar-refractivity contribution is 6.30. The van der Waals surface area contributed by atoms with Crippen LogP contribution in [0.25, 0.3) is 11.3 Å². The van der Waals surface area contributed by atoms with E-state index >= 15 is 0 Å². The van der Waals surface area contributed by atoms with Gasteiger partial charge in [0.25, 0.3) is 5.91 Å². The molecule has 3 aromatic rings. The van der Waals surface area contributed by atoms with Gasteiger partial charge in [-0.3, -0.25) is 24.0 Å². The van der Waals surface area contributed by atoms with Gasteiger partial charge in [0, 0.05) is 47.8 Å². The van der Waals surface area contributed by atoms with Crippen LogP contribution < -0.4 is 21.3 Å². The fourth-order valence-electron chi connectivity index (χ4n) is 4.06. The molecule has 188 valence electrons. The van der Waals surface area contributed by atoms with Crippen molar-refractivity contribution in [3.8, 4) is 11.3 Å². The molecule has 1 aromatic carbocycles. The molecule has 0 atom stereocenters. The number of rotatable bonds is 9. The van der Waals surface area contributed by atoms with Crippen LogP contribution in [0.3, 0.4) is 0 Å². The third kappa shape index (κ3) is 6.46. The van der Waals surface area contributed by atoms with E-state index in [-0.39, 0.29) is 37.4 Å². The van der Waals surface area contributed by atoms with Crippen LogP contribution in [0, 0.1) is 0 Å². The molecule has 2 aromatic heterocycles. The van der Waals surface area contributed by atoms with Gasteiger partial charge < -0.3 is 21.3 Å². The average Bonchev–Trinajstić information content (AvgIpc) is 3.36. The number of aromatic nitrogens is 3. The highest BCUT2D eigenvalue weighted by Crippen LogP contribution is 2.19. The zero-order valence-electron chi connectivity index (χ0n) is 19.7. The number of hydrogen-bond donors (Lipinski definition) is 4. The first kappa shape index (κ1) is 25.3. The van der Waals surface area contributed by atoms with Crippen molar-refractivity contribution in [2.45, 2.75) is 24.9 Å². The summed E-state index contributed by atoms with van der Waals surface area (Å²) in [6.45, 7) is 1.68. The summed E-state index contributed by atoms with van der Waals surface area (Å²) in [6.07, 6.45) is 6.04. The van der Waals surface area contributed by atoms with E-state index < -0.39 is 5.54 Å². The minimum absolute atomic E-state index is 0.0140. The van der Waals surface area contributed by atoms with Crippen molar-refractivity contribution in [3.05, 3.63) is 71.6 Å². The van der Waals surface area contributed by atoms with Crippen LogP contribution in [0.15, 0.2) is 61.1 Å². The van der Waals surface area contributed by atoms with E-state index in [0.29, 0.717) is 42.2 Å². The third-order valence-electron chi connectivity index (χ3n) is 5.98. The highest BCUT2D eigenvalue weighted by Gasteiger charge is 2.40. The van der Waals surface area contributed by atoms with Gasteiger partial charge >= 0.3 is 0 Å². The molecule has 3 amide bonds. The molecule has 0 unspecified atom stereocenters. The van der Waals surface area contributed by atoms with Crippen LogP contribution in [0.5, 0.6) is 0 Å². The average molecular weight is 510 g/mol. The summed E-state index contributed by atoms with van der Waals surface area (Å²) in [4.78, 5) is 42.3. The number of nitrogens with one attached hydrogen (secondary N) is 4. The molecule has 0 aliphatic carbocycles. The molecule has 10 nitrogen and oxygen atoms in total. The normalized spacial score (nSPS) is 14.6. The maximum absolute atomic E-state index is 13.1. The van der Waals surface area contributed by atoms with Gasteiger partial charge in [0.2, 0.25) is 11.8 Å². The second-order valence-electron chi connectivity index (χ2n) is 8.54. The van der Waals surface area contributed by atoms with E-state index in [2.05, 4.69) is 31.3 Å². The van der Waals surface area contributed by atoms with Gasteiger partial charge in [-0.15, -0.1) is 0 Å². The zero-order chi connectivity index (χ0) is 25.4. The molecule has 1 saturated heterocycles. The molecule has 0 spiro atoms. The van der Waals surface area contributed by atoms with E-state index in [4.69, 9.17) is 11.6 Å². The largest absolute Gasteiger partial charge is 0.352 e. The van der Waals surface area contributed by atoms with Crippen molar-refractivity contribution in [1.82, 2.24) is 36.0 Å². The van der Waals surface area contributed by atoms with Crippen LogP contribution in [0.2, 0.25) is 5.02 Å². The Labute approximate surface area is 213 Å². The zero-order valence-corrected chi connectivity index (χ0v) is 20.4. The molecular formula is C25H28ClN7O3. The van der Waals surface area contributed by atoms with Crippen molar-refractivity contribution in [2.24, 2.45) is 0 Å². The fraction of sp³-hybridized carbons (Fsp3) is 0.320. The third-order valence-corrected chi connectivity index (χ3v) is 6.23. The predicted octanol–water partition coefficient (Wildman–Crippen LogP) is 1.38. The van der Waals surface area contributed by atoms with Crippen LogP contribution in [-0.2, 0) is 16.1 Å². The molecule has 36 heavy (non-hydrogen) atoms. The van der Waals surface area contributed by atoms with Gasteiger partial charge in [-0.25, -0.2) is 0 Å². The van der Waals surface area contributed by atoms with Crippen LogP contribution in [0.1, 0.15) is 23.2 Å². The Morgan fingerprint density at radius 1 is 1.03 bits per heavy atom. The van der Waals surface area contributed by atoms with E-state index in [0.717, 1.165) is 5.56 Å². The maximum Gasteiger partial charge on any atom is 0.251 e. The smallest absolute Gasteiger partial charge is 0.251 e. The Morgan fingerprint density at radius 3 is 2.50 bits per heavy atom. The maximum atomic E-state index is 13.1. The lowest BCUT2D eigenvalue weighted by molar-refractivity contribution is -0.135. The van der Waals surface area contributed by atoms with Crippen molar-refractivity contribution in [2.75, 3.05) is 26.2 Å². The molecule has 0 radical (unpaired) electrons. The molecule has 11 heteroatoms. The van der Waals surface area contributed by atoms with Gasteiger partial charge in [0.15, 0.2) is 0 Å². The lowest BCUT2D eigenvalue weighted by Gasteiger charge is -2.37. The van der Waals surface area contributed by atoms with E-state index in [1.165, 1.54) is 4.68 Å². The lowest BCUT2D eigenvalue weighted by Crippen LogP contribution is -2.63. The number of carbonyl (C=O) groups excluding carboxylic acids is 3. The Bertz CT molecular complexity index is 1190. The first-order valence-corrected chi connectivity index (χ1v) is 12.1. The molecule has 4 rings (SSSR count). The summed E-state index contributed by atoms with van der Waals surface area (Å²) in [5, 5.41) is 16.8. The van der Waals surface area contributed by atoms with Crippen LogP contribution >= 0.6 is 11.6 Å². The summed E-state index contributed by atoms with van der Waals surface area (Å²) in [6, 6.07) is 12.1. The van der Waals surface area contributed by atoms with Crippen LogP contribution in [0.4, 0.5) is 0 Å². The van der Waals surface area contributed by atoms with Crippen LogP contribution in [-0.4, -0.2) is 64.2 Å². The summed E-state index contributed by atoms with van der Waals surface area (Å²) in [5.74, 6) is -0.825. The number of halogens is 1. The number of amides is 3. The first-order chi connectivity index (χ1) is 17.4.